The topological polar surface area (TPSA) is 17.0 Å². The Morgan fingerprint density at radius 3 is 2.94 bits per heavy atom. The van der Waals surface area contributed by atoms with Crippen molar-refractivity contribution in [3.8, 4) is 0 Å². The van der Waals surface area contributed by atoms with Crippen molar-refractivity contribution in [2.24, 2.45) is 0 Å². The molecule has 0 bridgehead atoms. The minimum atomic E-state index is -0.234. The number of benzene rings is 1. The molecule has 2 nitrogen and oxygen atoms in total. The second kappa shape index (κ2) is 5.36. The lowest BCUT2D eigenvalue weighted by Gasteiger charge is -2.10. The summed E-state index contributed by atoms with van der Waals surface area (Å²) in [5, 5.41) is 3.11. The van der Waals surface area contributed by atoms with Gasteiger partial charge in [0.1, 0.15) is 5.82 Å². The summed E-state index contributed by atoms with van der Waals surface area (Å²) in [6.07, 6.45) is 2.02. The Balaban J connectivity index is 2.09. The molecule has 0 atom stereocenters. The molecular formula is C13H14BrFN2. The smallest absolute Gasteiger partial charge is 0.146 e. The Hall–Kier alpha value is -1.29. The Kier molecular flexibility index (Phi) is 3.84. The number of rotatable bonds is 4. The summed E-state index contributed by atoms with van der Waals surface area (Å²) in [6.45, 7) is 3.63. The van der Waals surface area contributed by atoms with Gasteiger partial charge in [0, 0.05) is 22.9 Å². The molecule has 0 saturated heterocycles. The van der Waals surface area contributed by atoms with E-state index in [0.29, 0.717) is 12.2 Å². The van der Waals surface area contributed by atoms with Crippen LogP contribution < -0.4 is 5.32 Å². The lowest BCUT2D eigenvalue weighted by Crippen LogP contribution is -2.06. The molecule has 0 radical (unpaired) electrons. The molecule has 17 heavy (non-hydrogen) atoms. The van der Waals surface area contributed by atoms with Gasteiger partial charge < -0.3 is 9.88 Å². The summed E-state index contributed by atoms with van der Waals surface area (Å²) >= 11 is 3.33. The van der Waals surface area contributed by atoms with E-state index in [2.05, 4.69) is 32.7 Å². The van der Waals surface area contributed by atoms with Crippen LogP contribution in [0.15, 0.2) is 41.0 Å². The molecule has 0 aliphatic heterocycles. The fourth-order valence-electron chi connectivity index (χ4n) is 1.74. The molecule has 0 fully saturated rings. The van der Waals surface area contributed by atoms with E-state index in [1.54, 1.807) is 12.1 Å². The summed E-state index contributed by atoms with van der Waals surface area (Å²) in [4.78, 5) is 0. The standard InChI is InChI=1S/C13H14BrFN2/c1-2-17-7-3-4-11(17)9-16-13-8-10(14)5-6-12(13)15/h3-8,16H,2,9H2,1H3. The Morgan fingerprint density at radius 1 is 1.35 bits per heavy atom. The van der Waals surface area contributed by atoms with Crippen LogP contribution in [0.2, 0.25) is 0 Å². The average molecular weight is 297 g/mol. The van der Waals surface area contributed by atoms with E-state index in [0.717, 1.165) is 16.7 Å². The van der Waals surface area contributed by atoms with E-state index < -0.39 is 0 Å². The van der Waals surface area contributed by atoms with Gasteiger partial charge in [0.2, 0.25) is 0 Å². The highest BCUT2D eigenvalue weighted by Crippen LogP contribution is 2.20. The van der Waals surface area contributed by atoms with Crippen molar-refractivity contribution < 1.29 is 4.39 Å². The van der Waals surface area contributed by atoms with Crippen LogP contribution in [0.4, 0.5) is 10.1 Å². The first-order chi connectivity index (χ1) is 8.20. The van der Waals surface area contributed by atoms with E-state index in [-0.39, 0.29) is 5.82 Å². The second-order valence-electron chi connectivity index (χ2n) is 3.76. The lowest BCUT2D eigenvalue weighted by atomic mass is 10.3. The van der Waals surface area contributed by atoms with Crippen LogP contribution in [0.3, 0.4) is 0 Å². The number of hydrogen-bond acceptors (Lipinski definition) is 1. The van der Waals surface area contributed by atoms with E-state index in [9.17, 15) is 4.39 Å². The molecule has 0 aliphatic rings. The molecule has 0 spiro atoms. The first-order valence-electron chi connectivity index (χ1n) is 5.53. The van der Waals surface area contributed by atoms with Crippen LogP contribution in [-0.4, -0.2) is 4.57 Å². The largest absolute Gasteiger partial charge is 0.377 e. The molecule has 0 aliphatic carbocycles. The van der Waals surface area contributed by atoms with Crippen molar-refractivity contribution in [1.82, 2.24) is 4.57 Å². The molecule has 1 heterocycles. The monoisotopic (exact) mass is 296 g/mol. The number of aromatic nitrogens is 1. The van der Waals surface area contributed by atoms with Crippen molar-refractivity contribution in [1.29, 1.82) is 0 Å². The summed E-state index contributed by atoms with van der Waals surface area (Å²) in [6, 6.07) is 8.92. The minimum Gasteiger partial charge on any atom is -0.377 e. The maximum Gasteiger partial charge on any atom is 0.146 e. The molecule has 1 aromatic carbocycles. The summed E-state index contributed by atoms with van der Waals surface area (Å²) in [7, 11) is 0. The predicted molar refractivity (Wildman–Crippen MR) is 71.5 cm³/mol. The Labute approximate surface area is 109 Å². The Morgan fingerprint density at radius 2 is 2.18 bits per heavy atom. The highest BCUT2D eigenvalue weighted by Gasteiger charge is 2.04. The third-order valence-corrected chi connectivity index (χ3v) is 3.15. The summed E-state index contributed by atoms with van der Waals surface area (Å²) < 4.78 is 16.5. The van der Waals surface area contributed by atoms with Gasteiger partial charge >= 0.3 is 0 Å². The van der Waals surface area contributed by atoms with Crippen LogP contribution >= 0.6 is 15.9 Å². The number of halogens is 2. The van der Waals surface area contributed by atoms with Crippen molar-refractivity contribution in [3.05, 3.63) is 52.5 Å². The zero-order valence-corrected chi connectivity index (χ0v) is 11.2. The third kappa shape index (κ3) is 2.88. The van der Waals surface area contributed by atoms with Crippen LogP contribution in [0.1, 0.15) is 12.6 Å². The fraction of sp³-hybridized carbons (Fsp3) is 0.231. The molecule has 4 heteroatoms. The molecule has 1 aromatic heterocycles. The van der Waals surface area contributed by atoms with Gasteiger partial charge in [-0.2, -0.15) is 0 Å². The average Bonchev–Trinajstić information content (AvgIpc) is 2.77. The van der Waals surface area contributed by atoms with Crippen LogP contribution in [0.25, 0.3) is 0 Å². The zero-order valence-electron chi connectivity index (χ0n) is 9.58. The van der Waals surface area contributed by atoms with Gasteiger partial charge in [-0.1, -0.05) is 15.9 Å². The first kappa shape index (κ1) is 12.2. The normalized spacial score (nSPS) is 10.5. The number of hydrogen-bond donors (Lipinski definition) is 1. The van der Waals surface area contributed by atoms with Gasteiger partial charge in [-0.15, -0.1) is 0 Å². The molecule has 2 aromatic rings. The highest BCUT2D eigenvalue weighted by atomic mass is 79.9. The maximum atomic E-state index is 13.5. The van der Waals surface area contributed by atoms with Crippen molar-refractivity contribution in [2.45, 2.75) is 20.0 Å². The molecular weight excluding hydrogens is 283 g/mol. The minimum absolute atomic E-state index is 0.234. The van der Waals surface area contributed by atoms with Crippen LogP contribution in [0, 0.1) is 5.82 Å². The number of aryl methyl sites for hydroxylation is 1. The predicted octanol–water partition coefficient (Wildman–Crippen LogP) is 4.02. The van der Waals surface area contributed by atoms with Crippen LogP contribution in [-0.2, 0) is 13.1 Å². The van der Waals surface area contributed by atoms with Gasteiger partial charge in [-0.3, -0.25) is 0 Å². The summed E-state index contributed by atoms with van der Waals surface area (Å²) in [5.74, 6) is -0.234. The zero-order chi connectivity index (χ0) is 12.3. The van der Waals surface area contributed by atoms with Crippen LogP contribution in [0.5, 0.6) is 0 Å². The van der Waals surface area contributed by atoms with Crippen molar-refractivity contribution >= 4 is 21.6 Å². The molecule has 1 N–H and O–H groups in total. The SMILES string of the molecule is CCn1cccc1CNc1cc(Br)ccc1F. The number of anilines is 1. The first-order valence-corrected chi connectivity index (χ1v) is 6.33. The molecule has 2 rings (SSSR count). The Bertz CT molecular complexity index is 508. The maximum absolute atomic E-state index is 13.5. The quantitative estimate of drug-likeness (QED) is 0.902. The molecule has 0 saturated carbocycles. The number of nitrogens with zero attached hydrogens (tertiary/aromatic N) is 1. The fourth-order valence-corrected chi connectivity index (χ4v) is 2.10. The van der Waals surface area contributed by atoms with E-state index in [1.807, 2.05) is 18.3 Å². The van der Waals surface area contributed by atoms with Gasteiger partial charge in [-0.05, 0) is 37.3 Å². The van der Waals surface area contributed by atoms with Gasteiger partial charge in [0.25, 0.3) is 0 Å². The lowest BCUT2D eigenvalue weighted by molar-refractivity contribution is 0.629. The van der Waals surface area contributed by atoms with E-state index in [4.69, 9.17) is 0 Å². The van der Waals surface area contributed by atoms with E-state index in [1.165, 1.54) is 6.07 Å². The third-order valence-electron chi connectivity index (χ3n) is 2.65. The van der Waals surface area contributed by atoms with Gasteiger partial charge in [0.15, 0.2) is 0 Å². The molecule has 90 valence electrons. The number of nitrogens with one attached hydrogen (secondary N) is 1. The van der Waals surface area contributed by atoms with Gasteiger partial charge in [-0.25, -0.2) is 4.39 Å². The molecule has 0 amide bonds. The van der Waals surface area contributed by atoms with E-state index >= 15 is 0 Å². The molecule has 0 unspecified atom stereocenters. The van der Waals surface area contributed by atoms with Crippen molar-refractivity contribution in [2.75, 3.05) is 5.32 Å². The van der Waals surface area contributed by atoms with Crippen molar-refractivity contribution in [3.63, 3.8) is 0 Å². The van der Waals surface area contributed by atoms with Gasteiger partial charge in [0.05, 0.1) is 12.2 Å². The second-order valence-corrected chi connectivity index (χ2v) is 4.68. The summed E-state index contributed by atoms with van der Waals surface area (Å²) in [5.41, 5.74) is 1.66. The highest BCUT2D eigenvalue weighted by molar-refractivity contribution is 9.10.